The van der Waals surface area contributed by atoms with Crippen molar-refractivity contribution in [2.45, 2.75) is 418 Å². The number of aliphatic hydroxyl groups is 2. The summed E-state index contributed by atoms with van der Waals surface area (Å²) in [6.07, 6.45) is 82.8. The molecule has 6 nitrogen and oxygen atoms in total. The van der Waals surface area contributed by atoms with E-state index in [4.69, 9.17) is 4.74 Å². The summed E-state index contributed by atoms with van der Waals surface area (Å²) in [5.74, 6) is -0.0137. The van der Waals surface area contributed by atoms with E-state index >= 15 is 0 Å². The molecular weight excluding hydrogens is 947 g/mol. The Balaban J connectivity index is 3.28. The van der Waals surface area contributed by atoms with Gasteiger partial charge in [-0.1, -0.05) is 353 Å². The van der Waals surface area contributed by atoms with Crippen LogP contribution in [0.4, 0.5) is 0 Å². The molecule has 1 amide bonds. The first kappa shape index (κ1) is 75.6. The first-order chi connectivity index (χ1) is 38.0. The van der Waals surface area contributed by atoms with Crippen molar-refractivity contribution < 1.29 is 24.5 Å². The largest absolute Gasteiger partial charge is 0.466 e. The van der Waals surface area contributed by atoms with Crippen LogP contribution < -0.4 is 5.32 Å². The quantitative estimate of drug-likeness (QED) is 0.0320. The van der Waals surface area contributed by atoms with Gasteiger partial charge < -0.3 is 20.3 Å². The molecule has 0 aliphatic heterocycles. The minimum Gasteiger partial charge on any atom is -0.466 e. The van der Waals surface area contributed by atoms with E-state index in [1.807, 2.05) is 0 Å². The summed E-state index contributed by atoms with van der Waals surface area (Å²) in [6, 6.07) is -0.535. The minimum atomic E-state index is -0.658. The van der Waals surface area contributed by atoms with Crippen LogP contribution in [0.2, 0.25) is 0 Å². The normalized spacial score (nSPS) is 12.5. The number of ether oxygens (including phenoxy) is 1. The van der Waals surface area contributed by atoms with Crippen LogP contribution in [0.25, 0.3) is 0 Å². The highest BCUT2D eigenvalue weighted by Gasteiger charge is 2.20. The number of hydrogen-bond donors (Lipinski definition) is 3. The molecule has 458 valence electrons. The molecule has 6 heteroatoms. The van der Waals surface area contributed by atoms with Crippen LogP contribution in [0.5, 0.6) is 0 Å². The molecule has 2 atom stereocenters. The van der Waals surface area contributed by atoms with E-state index in [9.17, 15) is 19.8 Å². The molecule has 2 unspecified atom stereocenters. The van der Waals surface area contributed by atoms with Gasteiger partial charge in [-0.3, -0.25) is 9.59 Å². The van der Waals surface area contributed by atoms with Crippen LogP contribution >= 0.6 is 0 Å². The van der Waals surface area contributed by atoms with Crippen LogP contribution in [-0.4, -0.2) is 47.4 Å². The Kier molecular flexibility index (Phi) is 65.9. The lowest BCUT2D eigenvalue weighted by Gasteiger charge is -2.22. The molecule has 0 saturated heterocycles. The first-order valence-corrected chi connectivity index (χ1v) is 35.4. The number of allylic oxidation sites excluding steroid dienone is 2. The Morgan fingerprint density at radius 2 is 0.610 bits per heavy atom. The van der Waals surface area contributed by atoms with Gasteiger partial charge in [0.15, 0.2) is 0 Å². The van der Waals surface area contributed by atoms with E-state index < -0.39 is 12.1 Å². The fourth-order valence-electron chi connectivity index (χ4n) is 11.4. The standard InChI is InChI=1S/C71H139NO5/c1-3-5-7-9-11-13-15-16-41-45-49-53-57-61-65-71(76)77-66-62-58-54-50-46-42-39-37-35-33-31-29-27-25-23-21-19-17-18-20-22-24-26-28-30-32-34-36-38-40-44-48-52-56-60-64-70(75)72-68(67-73)69(74)63-59-55-51-47-43-14-12-10-8-6-4-2/h15-16,68-69,73-74H,3-14,17-67H2,1-2H3,(H,72,75)/b16-15-. The summed E-state index contributed by atoms with van der Waals surface area (Å²) in [6.45, 7) is 4.97. The number of carbonyl (C=O) groups is 2. The van der Waals surface area contributed by atoms with E-state index in [2.05, 4.69) is 31.3 Å². The number of hydrogen-bond acceptors (Lipinski definition) is 5. The van der Waals surface area contributed by atoms with Crippen molar-refractivity contribution in [3.63, 3.8) is 0 Å². The van der Waals surface area contributed by atoms with Gasteiger partial charge >= 0.3 is 5.97 Å². The number of nitrogens with one attached hydrogen (secondary N) is 1. The predicted molar refractivity (Wildman–Crippen MR) is 338 cm³/mol. The second-order valence-electron chi connectivity index (χ2n) is 24.6. The van der Waals surface area contributed by atoms with E-state index in [1.165, 1.54) is 327 Å². The van der Waals surface area contributed by atoms with Gasteiger partial charge in [-0.05, 0) is 51.4 Å². The van der Waals surface area contributed by atoms with Gasteiger partial charge in [0, 0.05) is 12.8 Å². The highest BCUT2D eigenvalue weighted by Crippen LogP contribution is 2.19. The molecule has 0 radical (unpaired) electrons. The first-order valence-electron chi connectivity index (χ1n) is 35.4. The van der Waals surface area contributed by atoms with Gasteiger partial charge in [0.05, 0.1) is 25.4 Å². The molecule has 3 N–H and O–H groups in total. The molecule has 0 aromatic heterocycles. The Bertz CT molecular complexity index is 1160. The highest BCUT2D eigenvalue weighted by molar-refractivity contribution is 5.76. The van der Waals surface area contributed by atoms with E-state index in [0.29, 0.717) is 25.9 Å². The van der Waals surface area contributed by atoms with Crippen LogP contribution in [0.3, 0.4) is 0 Å². The summed E-state index contributed by atoms with van der Waals surface area (Å²) in [5.41, 5.74) is 0. The third-order valence-electron chi connectivity index (χ3n) is 16.8. The molecule has 0 spiro atoms. The second kappa shape index (κ2) is 67.1. The second-order valence-corrected chi connectivity index (χ2v) is 24.6. The molecule has 0 aromatic carbocycles. The maximum Gasteiger partial charge on any atom is 0.305 e. The summed E-state index contributed by atoms with van der Waals surface area (Å²) in [4.78, 5) is 24.5. The number of aliphatic hydroxyl groups excluding tert-OH is 2. The summed E-state index contributed by atoms with van der Waals surface area (Å²) in [5, 5.41) is 23.2. The number of carbonyl (C=O) groups excluding carboxylic acids is 2. The summed E-state index contributed by atoms with van der Waals surface area (Å²) < 4.78 is 5.49. The van der Waals surface area contributed by atoms with Crippen molar-refractivity contribution in [1.82, 2.24) is 5.32 Å². The fraction of sp³-hybridized carbons (Fsp3) is 0.944. The molecule has 0 saturated carbocycles. The smallest absolute Gasteiger partial charge is 0.305 e. The lowest BCUT2D eigenvalue weighted by atomic mass is 10.0. The molecule has 0 aromatic rings. The number of unbranched alkanes of at least 4 members (excludes halogenated alkanes) is 54. The summed E-state index contributed by atoms with van der Waals surface area (Å²) in [7, 11) is 0. The van der Waals surface area contributed by atoms with Crippen molar-refractivity contribution in [3.8, 4) is 0 Å². The average Bonchev–Trinajstić information content (AvgIpc) is 3.43. The third kappa shape index (κ3) is 63.6. The van der Waals surface area contributed by atoms with Gasteiger partial charge in [0.25, 0.3) is 0 Å². The lowest BCUT2D eigenvalue weighted by molar-refractivity contribution is -0.143. The molecule has 0 aliphatic rings. The molecule has 0 aliphatic carbocycles. The van der Waals surface area contributed by atoms with Gasteiger partial charge in [0.1, 0.15) is 0 Å². The van der Waals surface area contributed by atoms with Crippen LogP contribution in [0, 0.1) is 0 Å². The minimum absolute atomic E-state index is 0.0147. The van der Waals surface area contributed by atoms with Crippen molar-refractivity contribution in [2.24, 2.45) is 0 Å². The Hall–Kier alpha value is -1.40. The fourth-order valence-corrected chi connectivity index (χ4v) is 11.4. The van der Waals surface area contributed by atoms with Gasteiger partial charge in [-0.25, -0.2) is 0 Å². The van der Waals surface area contributed by atoms with Crippen LogP contribution in [0.1, 0.15) is 406 Å². The molecule has 0 heterocycles. The van der Waals surface area contributed by atoms with Gasteiger partial charge in [-0.2, -0.15) is 0 Å². The number of esters is 1. The van der Waals surface area contributed by atoms with E-state index in [-0.39, 0.29) is 18.5 Å². The monoisotopic (exact) mass is 1090 g/mol. The van der Waals surface area contributed by atoms with Gasteiger partial charge in [0.2, 0.25) is 5.91 Å². The molecule has 0 rings (SSSR count). The third-order valence-corrected chi connectivity index (χ3v) is 16.8. The van der Waals surface area contributed by atoms with Crippen molar-refractivity contribution >= 4 is 11.9 Å². The van der Waals surface area contributed by atoms with Crippen molar-refractivity contribution in [3.05, 3.63) is 12.2 Å². The molecule has 77 heavy (non-hydrogen) atoms. The van der Waals surface area contributed by atoms with E-state index in [0.717, 1.165) is 44.9 Å². The molecular formula is C71H139NO5. The van der Waals surface area contributed by atoms with E-state index in [1.54, 1.807) is 0 Å². The Morgan fingerprint density at radius 1 is 0.351 bits per heavy atom. The highest BCUT2D eigenvalue weighted by atomic mass is 16.5. The maximum absolute atomic E-state index is 12.5. The topological polar surface area (TPSA) is 95.9 Å². The molecule has 0 fully saturated rings. The number of amides is 1. The van der Waals surface area contributed by atoms with Crippen molar-refractivity contribution in [2.75, 3.05) is 13.2 Å². The zero-order chi connectivity index (χ0) is 55.7. The summed E-state index contributed by atoms with van der Waals surface area (Å²) >= 11 is 0. The maximum atomic E-state index is 12.5. The molecule has 0 bridgehead atoms. The average molecular weight is 1090 g/mol. The van der Waals surface area contributed by atoms with Crippen LogP contribution in [-0.2, 0) is 14.3 Å². The zero-order valence-electron chi connectivity index (χ0n) is 52.5. The number of rotatable bonds is 67. The lowest BCUT2D eigenvalue weighted by Crippen LogP contribution is -2.45. The zero-order valence-corrected chi connectivity index (χ0v) is 52.5. The van der Waals surface area contributed by atoms with Crippen LogP contribution in [0.15, 0.2) is 12.2 Å². The Labute approximate surface area is 482 Å². The SMILES string of the molecule is CCCCCCC/C=C\CCCCCCCC(=O)OCCCCCCCCCCCCCCCCCCCCCCCCCCCCCCCCCCCCCC(=O)NC(CO)C(O)CCCCCCCCCCCCC. The predicted octanol–water partition coefficient (Wildman–Crippen LogP) is 22.8. The van der Waals surface area contributed by atoms with Gasteiger partial charge in [-0.15, -0.1) is 0 Å². The Morgan fingerprint density at radius 3 is 0.922 bits per heavy atom. The van der Waals surface area contributed by atoms with Crippen molar-refractivity contribution in [1.29, 1.82) is 0 Å².